The first-order chi connectivity index (χ1) is 9.06. The molecule has 1 amide bonds. The van der Waals surface area contributed by atoms with Gasteiger partial charge in [-0.05, 0) is 49.8 Å². The summed E-state index contributed by atoms with van der Waals surface area (Å²) in [6, 6.07) is 5.00. The van der Waals surface area contributed by atoms with Gasteiger partial charge in [-0.15, -0.1) is 0 Å². The molecule has 0 bridgehead atoms. The molecule has 1 aromatic carbocycles. The molecule has 1 aliphatic carbocycles. The van der Waals surface area contributed by atoms with Gasteiger partial charge in [-0.2, -0.15) is 0 Å². The number of aliphatic hydroxyl groups is 1. The van der Waals surface area contributed by atoms with Crippen LogP contribution < -0.4 is 16.8 Å². The van der Waals surface area contributed by atoms with Crippen LogP contribution in [0.15, 0.2) is 18.2 Å². The first-order valence-corrected chi connectivity index (χ1v) is 6.67. The standard InChI is InChI=1S/C14H21N3O2/c15-12-6-3-10(14(16)19)7-13(12)17-8-9-1-4-11(18)5-2-9/h3,6-7,9,11,17-18H,1-2,4-5,8,15H2,(H2,16,19). The van der Waals surface area contributed by atoms with E-state index in [1.165, 1.54) is 0 Å². The van der Waals surface area contributed by atoms with E-state index in [0.717, 1.165) is 37.9 Å². The van der Waals surface area contributed by atoms with E-state index in [4.69, 9.17) is 11.5 Å². The molecule has 0 atom stereocenters. The zero-order valence-corrected chi connectivity index (χ0v) is 10.9. The molecule has 0 radical (unpaired) electrons. The van der Waals surface area contributed by atoms with Gasteiger partial charge < -0.3 is 21.9 Å². The van der Waals surface area contributed by atoms with Gasteiger partial charge in [-0.1, -0.05) is 0 Å². The number of benzene rings is 1. The van der Waals surface area contributed by atoms with Gasteiger partial charge in [-0.3, -0.25) is 4.79 Å². The second-order valence-electron chi connectivity index (χ2n) is 5.22. The van der Waals surface area contributed by atoms with Gasteiger partial charge in [0.2, 0.25) is 5.91 Å². The van der Waals surface area contributed by atoms with Crippen LogP contribution in [0.3, 0.4) is 0 Å². The molecule has 1 saturated carbocycles. The second-order valence-corrected chi connectivity index (χ2v) is 5.22. The van der Waals surface area contributed by atoms with E-state index < -0.39 is 5.91 Å². The van der Waals surface area contributed by atoms with E-state index in [0.29, 0.717) is 17.2 Å². The Morgan fingerprint density at radius 3 is 2.63 bits per heavy atom. The number of nitrogen functional groups attached to an aromatic ring is 1. The molecule has 1 fully saturated rings. The Labute approximate surface area is 113 Å². The van der Waals surface area contributed by atoms with Crippen LogP contribution in [0, 0.1) is 5.92 Å². The van der Waals surface area contributed by atoms with Gasteiger partial charge in [0.15, 0.2) is 0 Å². The van der Waals surface area contributed by atoms with E-state index in [9.17, 15) is 9.90 Å². The van der Waals surface area contributed by atoms with Crippen LogP contribution in [0.25, 0.3) is 0 Å². The lowest BCUT2D eigenvalue weighted by Crippen LogP contribution is -2.24. The molecule has 5 heteroatoms. The minimum absolute atomic E-state index is 0.139. The number of carbonyl (C=O) groups excluding carboxylic acids is 1. The van der Waals surface area contributed by atoms with Crippen molar-refractivity contribution in [3.05, 3.63) is 23.8 Å². The Morgan fingerprint density at radius 2 is 2.00 bits per heavy atom. The van der Waals surface area contributed by atoms with Crippen LogP contribution in [-0.2, 0) is 0 Å². The molecular weight excluding hydrogens is 242 g/mol. The molecule has 0 aromatic heterocycles. The predicted molar refractivity (Wildman–Crippen MR) is 75.8 cm³/mol. The molecule has 1 aromatic rings. The summed E-state index contributed by atoms with van der Waals surface area (Å²) in [4.78, 5) is 11.1. The van der Waals surface area contributed by atoms with Gasteiger partial charge in [-0.25, -0.2) is 0 Å². The maximum atomic E-state index is 11.1. The number of rotatable bonds is 4. The van der Waals surface area contributed by atoms with Crippen molar-refractivity contribution >= 4 is 17.3 Å². The van der Waals surface area contributed by atoms with Crippen molar-refractivity contribution in [3.63, 3.8) is 0 Å². The number of nitrogens with two attached hydrogens (primary N) is 2. The van der Waals surface area contributed by atoms with Crippen LogP contribution >= 0.6 is 0 Å². The summed E-state index contributed by atoms with van der Waals surface area (Å²) in [6.45, 7) is 0.805. The zero-order valence-electron chi connectivity index (χ0n) is 10.9. The lowest BCUT2D eigenvalue weighted by Gasteiger charge is -2.26. The quantitative estimate of drug-likeness (QED) is 0.615. The van der Waals surface area contributed by atoms with Crippen LogP contribution in [0.4, 0.5) is 11.4 Å². The largest absolute Gasteiger partial charge is 0.397 e. The number of primary amides is 1. The van der Waals surface area contributed by atoms with Crippen LogP contribution in [0.2, 0.25) is 0 Å². The number of hydrogen-bond donors (Lipinski definition) is 4. The molecule has 2 rings (SSSR count). The first kappa shape index (κ1) is 13.7. The summed E-state index contributed by atoms with van der Waals surface area (Å²) in [7, 11) is 0. The van der Waals surface area contributed by atoms with Gasteiger partial charge in [0.25, 0.3) is 0 Å². The highest BCUT2D eigenvalue weighted by molar-refractivity contribution is 5.94. The van der Waals surface area contributed by atoms with E-state index in [1.54, 1.807) is 18.2 Å². The van der Waals surface area contributed by atoms with E-state index in [2.05, 4.69) is 5.32 Å². The normalized spacial score (nSPS) is 23.0. The average Bonchev–Trinajstić information content (AvgIpc) is 2.39. The van der Waals surface area contributed by atoms with E-state index >= 15 is 0 Å². The van der Waals surface area contributed by atoms with Gasteiger partial charge in [0.1, 0.15) is 0 Å². The number of hydrogen-bond acceptors (Lipinski definition) is 4. The molecule has 0 heterocycles. The first-order valence-electron chi connectivity index (χ1n) is 6.67. The predicted octanol–water partition coefficient (Wildman–Crippen LogP) is 1.33. The number of aliphatic hydroxyl groups excluding tert-OH is 1. The SMILES string of the molecule is NC(=O)c1ccc(N)c(NCC2CCC(O)CC2)c1. The van der Waals surface area contributed by atoms with Crippen molar-refractivity contribution in [2.45, 2.75) is 31.8 Å². The summed E-state index contributed by atoms with van der Waals surface area (Å²) in [5.41, 5.74) is 12.9. The van der Waals surface area contributed by atoms with Crippen molar-refractivity contribution < 1.29 is 9.90 Å². The smallest absolute Gasteiger partial charge is 0.248 e. The fourth-order valence-corrected chi connectivity index (χ4v) is 2.47. The molecule has 1 aliphatic rings. The van der Waals surface area contributed by atoms with Crippen LogP contribution in [0.1, 0.15) is 36.0 Å². The summed E-state index contributed by atoms with van der Waals surface area (Å²) >= 11 is 0. The second kappa shape index (κ2) is 5.93. The number of anilines is 2. The number of nitrogens with one attached hydrogen (secondary N) is 1. The highest BCUT2D eigenvalue weighted by Crippen LogP contribution is 2.26. The molecule has 6 N–H and O–H groups in total. The van der Waals surface area contributed by atoms with Gasteiger partial charge >= 0.3 is 0 Å². The Morgan fingerprint density at radius 1 is 1.32 bits per heavy atom. The molecule has 5 nitrogen and oxygen atoms in total. The number of carbonyl (C=O) groups is 1. The van der Waals surface area contributed by atoms with Crippen molar-refractivity contribution in [2.24, 2.45) is 11.7 Å². The molecule has 104 valence electrons. The van der Waals surface area contributed by atoms with E-state index in [1.807, 2.05) is 0 Å². The number of amides is 1. The average molecular weight is 263 g/mol. The summed E-state index contributed by atoms with van der Waals surface area (Å²) in [5, 5.41) is 12.7. The Bertz CT molecular complexity index is 454. The summed E-state index contributed by atoms with van der Waals surface area (Å²) < 4.78 is 0. The molecular formula is C14H21N3O2. The third kappa shape index (κ3) is 3.61. The van der Waals surface area contributed by atoms with Gasteiger partial charge in [0, 0.05) is 12.1 Å². The fourth-order valence-electron chi connectivity index (χ4n) is 2.47. The lowest BCUT2D eigenvalue weighted by molar-refractivity contribution is 0.1000. The molecule has 0 spiro atoms. The summed E-state index contributed by atoms with van der Waals surface area (Å²) in [5.74, 6) is 0.0869. The third-order valence-electron chi connectivity index (χ3n) is 3.74. The van der Waals surface area contributed by atoms with Crippen molar-refractivity contribution in [1.82, 2.24) is 0 Å². The maximum Gasteiger partial charge on any atom is 0.248 e. The fraction of sp³-hybridized carbons (Fsp3) is 0.500. The molecule has 0 aliphatic heterocycles. The highest BCUT2D eigenvalue weighted by atomic mass is 16.3. The Hall–Kier alpha value is -1.75. The van der Waals surface area contributed by atoms with E-state index in [-0.39, 0.29) is 6.10 Å². The maximum absolute atomic E-state index is 11.1. The van der Waals surface area contributed by atoms with Gasteiger partial charge in [0.05, 0.1) is 17.5 Å². The van der Waals surface area contributed by atoms with Crippen LogP contribution in [0.5, 0.6) is 0 Å². The van der Waals surface area contributed by atoms with Crippen molar-refractivity contribution in [1.29, 1.82) is 0 Å². The highest BCUT2D eigenvalue weighted by Gasteiger charge is 2.19. The monoisotopic (exact) mass is 263 g/mol. The Balaban J connectivity index is 1.95. The molecule has 19 heavy (non-hydrogen) atoms. The zero-order chi connectivity index (χ0) is 13.8. The Kier molecular flexibility index (Phi) is 4.27. The lowest BCUT2D eigenvalue weighted by atomic mass is 9.87. The van der Waals surface area contributed by atoms with Crippen LogP contribution in [-0.4, -0.2) is 23.7 Å². The van der Waals surface area contributed by atoms with Crippen molar-refractivity contribution in [3.8, 4) is 0 Å². The topological polar surface area (TPSA) is 101 Å². The minimum Gasteiger partial charge on any atom is -0.397 e. The third-order valence-corrected chi connectivity index (χ3v) is 3.74. The molecule has 0 saturated heterocycles. The van der Waals surface area contributed by atoms with Crippen molar-refractivity contribution in [2.75, 3.05) is 17.6 Å². The summed E-state index contributed by atoms with van der Waals surface area (Å²) in [6.07, 6.45) is 3.62. The minimum atomic E-state index is -0.455. The molecule has 0 unspecified atom stereocenters.